The molecule has 0 N–H and O–H groups in total. The lowest BCUT2D eigenvalue weighted by Gasteiger charge is -2.29. The van der Waals surface area contributed by atoms with Gasteiger partial charge in [-0.2, -0.15) is 0 Å². The highest BCUT2D eigenvalue weighted by Crippen LogP contribution is 2.42. The molecular weight excluding hydrogens is 381 g/mol. The Labute approximate surface area is 176 Å². The van der Waals surface area contributed by atoms with Crippen LogP contribution in [0.15, 0.2) is 89.6 Å². The van der Waals surface area contributed by atoms with Gasteiger partial charge in [0.15, 0.2) is 5.83 Å². The minimum Gasteiger partial charge on any atom is -0.208 e. The average molecular weight is 409 g/mol. The molecule has 3 heteroatoms. The Hall–Kier alpha value is -2.55. The van der Waals surface area contributed by atoms with Gasteiger partial charge in [-0.1, -0.05) is 66.3 Å². The van der Waals surface area contributed by atoms with Crippen LogP contribution in [0.2, 0.25) is 0 Å². The Morgan fingerprint density at radius 2 is 1.80 bits per heavy atom. The summed E-state index contributed by atoms with van der Waals surface area (Å²) in [5.41, 5.74) is 3.24. The molecule has 0 nitrogen and oxygen atoms in total. The Morgan fingerprint density at radius 3 is 2.50 bits per heavy atom. The Balaban J connectivity index is 1.36. The highest BCUT2D eigenvalue weighted by Gasteiger charge is 2.32. The number of hydrogen-bond donors (Lipinski definition) is 0. The zero-order valence-corrected chi connectivity index (χ0v) is 17.3. The van der Waals surface area contributed by atoms with Crippen molar-refractivity contribution in [3.63, 3.8) is 0 Å². The van der Waals surface area contributed by atoms with E-state index in [4.69, 9.17) is 0 Å². The van der Waals surface area contributed by atoms with Crippen molar-refractivity contribution in [3.05, 3.63) is 107 Å². The highest BCUT2D eigenvalue weighted by atomic mass is 19.2. The van der Waals surface area contributed by atoms with Gasteiger partial charge < -0.3 is 0 Å². The summed E-state index contributed by atoms with van der Waals surface area (Å²) in [6.45, 7) is 1.88. The predicted molar refractivity (Wildman–Crippen MR) is 117 cm³/mol. The van der Waals surface area contributed by atoms with Gasteiger partial charge >= 0.3 is 0 Å². The zero-order valence-electron chi connectivity index (χ0n) is 17.3. The second kappa shape index (κ2) is 9.07. The molecule has 0 radical (unpaired) electrons. The van der Waals surface area contributed by atoms with Gasteiger partial charge in [0.2, 0.25) is 0 Å². The molecule has 3 atom stereocenters. The lowest BCUT2D eigenvalue weighted by molar-refractivity contribution is 0.344. The van der Waals surface area contributed by atoms with E-state index in [1.807, 2.05) is 61.6 Å². The van der Waals surface area contributed by atoms with Crippen molar-refractivity contribution in [1.82, 2.24) is 0 Å². The third-order valence-electron chi connectivity index (χ3n) is 6.38. The molecule has 0 saturated heterocycles. The summed E-state index contributed by atoms with van der Waals surface area (Å²) >= 11 is 0. The molecule has 4 rings (SSSR count). The van der Waals surface area contributed by atoms with Crippen LogP contribution in [-0.2, 0) is 6.42 Å². The molecular formula is C27H27F3. The van der Waals surface area contributed by atoms with Crippen molar-refractivity contribution in [1.29, 1.82) is 0 Å². The second-order valence-corrected chi connectivity index (χ2v) is 8.45. The van der Waals surface area contributed by atoms with Gasteiger partial charge in [0, 0.05) is 11.8 Å². The Morgan fingerprint density at radius 1 is 0.933 bits per heavy atom. The molecule has 1 aromatic carbocycles. The quantitative estimate of drug-likeness (QED) is 0.466. The van der Waals surface area contributed by atoms with Crippen molar-refractivity contribution in [2.24, 2.45) is 17.8 Å². The predicted octanol–water partition coefficient (Wildman–Crippen LogP) is 7.80. The summed E-state index contributed by atoms with van der Waals surface area (Å²) in [7, 11) is 0. The number of hydrogen-bond acceptors (Lipinski definition) is 0. The monoisotopic (exact) mass is 408 g/mol. The summed E-state index contributed by atoms with van der Waals surface area (Å²) in [6, 6.07) is 5.32. The third kappa shape index (κ3) is 4.45. The van der Waals surface area contributed by atoms with Crippen LogP contribution >= 0.6 is 0 Å². The molecule has 3 aliphatic rings. The molecule has 0 aromatic heterocycles. The summed E-state index contributed by atoms with van der Waals surface area (Å²) in [4.78, 5) is 0. The summed E-state index contributed by atoms with van der Waals surface area (Å²) < 4.78 is 43.7. The van der Waals surface area contributed by atoms with Crippen LogP contribution in [0, 0.1) is 30.5 Å². The van der Waals surface area contributed by atoms with Gasteiger partial charge in [-0.15, -0.1) is 0 Å². The standard InChI is InChI=1S/C27H27F3/c1-18-7-11-22(25(28)17-18)14-10-19-8-12-21(13-9-19)24-16-15-23(26(29)27(24)30)20-5-3-2-4-6-20/h2-5,7-9,11-12,15,17,20-21,24H,6,10,13-14,16H2,1H3. The molecule has 0 spiro atoms. The minimum absolute atomic E-state index is 0.0461. The maximum absolute atomic E-state index is 14.9. The molecule has 1 aromatic rings. The molecule has 0 amide bonds. The van der Waals surface area contributed by atoms with Gasteiger partial charge in [-0.3, -0.25) is 0 Å². The van der Waals surface area contributed by atoms with Gasteiger partial charge in [-0.25, -0.2) is 13.2 Å². The first-order chi connectivity index (χ1) is 14.5. The number of aryl methyl sites for hydroxylation is 2. The van der Waals surface area contributed by atoms with Gasteiger partial charge in [0.05, 0.1) is 0 Å². The molecule has 156 valence electrons. The Kier molecular flexibility index (Phi) is 6.26. The van der Waals surface area contributed by atoms with Gasteiger partial charge in [0.1, 0.15) is 11.6 Å². The van der Waals surface area contributed by atoms with Crippen LogP contribution in [0.25, 0.3) is 0 Å². The van der Waals surface area contributed by atoms with E-state index in [9.17, 15) is 13.2 Å². The van der Waals surface area contributed by atoms with E-state index >= 15 is 0 Å². The SMILES string of the molecule is Cc1ccc(CCC2=CCC(C3CC=C(C4C=CC=CC4)C(F)=C3F)C=C2)c(F)c1. The Bertz CT molecular complexity index is 987. The van der Waals surface area contributed by atoms with E-state index in [1.54, 1.807) is 6.07 Å². The second-order valence-electron chi connectivity index (χ2n) is 8.45. The molecule has 3 unspecified atom stereocenters. The first-order valence-corrected chi connectivity index (χ1v) is 10.7. The largest absolute Gasteiger partial charge is 0.208 e. The van der Waals surface area contributed by atoms with E-state index in [0.717, 1.165) is 17.6 Å². The summed E-state index contributed by atoms with van der Waals surface area (Å²) in [5, 5.41) is 0. The van der Waals surface area contributed by atoms with Crippen LogP contribution in [-0.4, -0.2) is 0 Å². The van der Waals surface area contributed by atoms with E-state index in [1.165, 1.54) is 0 Å². The molecule has 0 heterocycles. The lowest BCUT2D eigenvalue weighted by Crippen LogP contribution is -2.20. The van der Waals surface area contributed by atoms with Gasteiger partial charge in [-0.05, 0) is 67.7 Å². The maximum Gasteiger partial charge on any atom is 0.158 e. The van der Waals surface area contributed by atoms with Crippen molar-refractivity contribution in [2.45, 2.75) is 39.0 Å². The van der Waals surface area contributed by atoms with E-state index in [-0.39, 0.29) is 17.7 Å². The van der Waals surface area contributed by atoms with Crippen molar-refractivity contribution in [3.8, 4) is 0 Å². The lowest BCUT2D eigenvalue weighted by atomic mass is 9.77. The van der Waals surface area contributed by atoms with Crippen molar-refractivity contribution >= 4 is 0 Å². The molecule has 0 bridgehead atoms. The smallest absolute Gasteiger partial charge is 0.158 e. The normalized spacial score (nSPS) is 26.1. The summed E-state index contributed by atoms with van der Waals surface area (Å²) in [6.07, 6.45) is 19.0. The third-order valence-corrected chi connectivity index (χ3v) is 6.38. The van der Waals surface area contributed by atoms with Crippen molar-refractivity contribution < 1.29 is 13.2 Å². The fourth-order valence-corrected chi connectivity index (χ4v) is 4.53. The van der Waals surface area contributed by atoms with E-state index in [2.05, 4.69) is 6.08 Å². The number of allylic oxidation sites excluding steroid dienone is 12. The fourth-order valence-electron chi connectivity index (χ4n) is 4.53. The van der Waals surface area contributed by atoms with Crippen LogP contribution in [0.3, 0.4) is 0 Å². The topological polar surface area (TPSA) is 0 Å². The zero-order chi connectivity index (χ0) is 21.1. The number of rotatable bonds is 5. The minimum atomic E-state index is -0.672. The first kappa shape index (κ1) is 20.7. The van der Waals surface area contributed by atoms with E-state index < -0.39 is 17.6 Å². The number of benzene rings is 1. The molecule has 3 aliphatic carbocycles. The van der Waals surface area contributed by atoms with Crippen molar-refractivity contribution in [2.75, 3.05) is 0 Å². The summed E-state index contributed by atoms with van der Waals surface area (Å²) in [5.74, 6) is -2.00. The molecule has 0 saturated carbocycles. The first-order valence-electron chi connectivity index (χ1n) is 10.7. The number of halogens is 3. The van der Waals surface area contributed by atoms with E-state index in [0.29, 0.717) is 36.8 Å². The highest BCUT2D eigenvalue weighted by molar-refractivity contribution is 5.40. The molecule has 0 fully saturated rings. The van der Waals surface area contributed by atoms with Crippen LogP contribution in [0.5, 0.6) is 0 Å². The van der Waals surface area contributed by atoms with Gasteiger partial charge in [0.25, 0.3) is 0 Å². The van der Waals surface area contributed by atoms with Crippen LogP contribution < -0.4 is 0 Å². The molecule has 0 aliphatic heterocycles. The average Bonchev–Trinajstić information content (AvgIpc) is 2.76. The molecule has 30 heavy (non-hydrogen) atoms. The fraction of sp³-hybridized carbons (Fsp3) is 0.333. The maximum atomic E-state index is 14.9. The van der Waals surface area contributed by atoms with Crippen LogP contribution in [0.4, 0.5) is 13.2 Å². The van der Waals surface area contributed by atoms with Crippen LogP contribution in [0.1, 0.15) is 36.8 Å².